The molecule has 0 heterocycles. The maximum atomic E-state index is 11.7. The van der Waals surface area contributed by atoms with Gasteiger partial charge >= 0.3 is 0 Å². The molecule has 1 aromatic rings. The molecule has 3 nitrogen and oxygen atoms in total. The molecule has 1 rings (SSSR count). The highest BCUT2D eigenvalue weighted by atomic mass is 31.2. The number of rotatable bonds is 3. The summed E-state index contributed by atoms with van der Waals surface area (Å²) in [6, 6.07) is 7.24. The van der Waals surface area contributed by atoms with Gasteiger partial charge in [-0.1, -0.05) is 24.3 Å². The smallest absolute Gasteiger partial charge is 0.241 e. The Morgan fingerprint density at radius 1 is 1.27 bits per heavy atom. The third kappa shape index (κ3) is 3.72. The molecule has 1 aromatic carbocycles. The first kappa shape index (κ1) is 11.7. The van der Waals surface area contributed by atoms with E-state index in [1.807, 2.05) is 12.1 Å². The van der Waals surface area contributed by atoms with E-state index in [-0.39, 0.29) is 0 Å². The Hall–Kier alpha value is -1.34. The van der Waals surface area contributed by atoms with Crippen LogP contribution in [-0.4, -0.2) is 19.2 Å². The van der Waals surface area contributed by atoms with Gasteiger partial charge in [0.2, 0.25) is 5.91 Å². The van der Waals surface area contributed by atoms with E-state index in [2.05, 4.69) is 0 Å². The highest BCUT2D eigenvalue weighted by molar-refractivity contribution is 7.70. The van der Waals surface area contributed by atoms with Gasteiger partial charge in [-0.3, -0.25) is 4.79 Å². The molecular weight excluding hydrogens is 209 g/mol. The molecule has 1 amide bonds. The van der Waals surface area contributed by atoms with Crippen LogP contribution in [0.2, 0.25) is 0 Å². The Balaban J connectivity index is 2.91. The minimum absolute atomic E-state index is 0.476. The second kappa shape index (κ2) is 4.45. The van der Waals surface area contributed by atoms with Crippen LogP contribution in [0.15, 0.2) is 30.3 Å². The average Bonchev–Trinajstić information content (AvgIpc) is 2.14. The topological polar surface area (TPSA) is 60.2 Å². The van der Waals surface area contributed by atoms with Crippen LogP contribution in [0.4, 0.5) is 0 Å². The van der Waals surface area contributed by atoms with E-state index < -0.39 is 13.0 Å². The molecule has 0 aliphatic heterocycles. The van der Waals surface area contributed by atoms with Gasteiger partial charge in [-0.15, -0.1) is 0 Å². The van der Waals surface area contributed by atoms with Crippen molar-refractivity contribution in [3.05, 3.63) is 35.9 Å². The van der Waals surface area contributed by atoms with Gasteiger partial charge in [0, 0.05) is 11.4 Å². The number of carbonyl (C=O) groups is 1. The van der Waals surface area contributed by atoms with Gasteiger partial charge in [0.05, 0.1) is 0 Å². The summed E-state index contributed by atoms with van der Waals surface area (Å²) in [6.45, 7) is 3.45. The van der Waals surface area contributed by atoms with Crippen molar-refractivity contribution in [3.8, 4) is 0 Å². The van der Waals surface area contributed by atoms with Crippen LogP contribution in [0.1, 0.15) is 5.56 Å². The summed E-state index contributed by atoms with van der Waals surface area (Å²) < 4.78 is 11.7. The first-order valence-corrected chi connectivity index (χ1v) is 7.13. The van der Waals surface area contributed by atoms with E-state index >= 15 is 0 Å². The zero-order valence-corrected chi connectivity index (χ0v) is 9.70. The lowest BCUT2D eigenvalue weighted by molar-refractivity contribution is -0.113. The Morgan fingerprint density at radius 3 is 2.20 bits per heavy atom. The van der Waals surface area contributed by atoms with Gasteiger partial charge in [-0.2, -0.15) is 0 Å². The van der Waals surface area contributed by atoms with E-state index in [1.165, 1.54) is 6.08 Å². The number of amides is 1. The van der Waals surface area contributed by atoms with Crippen LogP contribution < -0.4 is 11.0 Å². The molecule has 0 atom stereocenters. The van der Waals surface area contributed by atoms with Gasteiger partial charge in [-0.25, -0.2) is 0 Å². The number of primary amides is 1. The normalized spacial score (nSPS) is 11.9. The fourth-order valence-corrected chi connectivity index (χ4v) is 1.99. The summed E-state index contributed by atoms with van der Waals surface area (Å²) in [6.07, 6.45) is 2.93. The quantitative estimate of drug-likeness (QED) is 0.622. The molecule has 2 N–H and O–H groups in total. The van der Waals surface area contributed by atoms with Crippen molar-refractivity contribution < 1.29 is 9.36 Å². The highest BCUT2D eigenvalue weighted by Gasteiger charge is 2.09. The molecule has 0 fully saturated rings. The summed E-state index contributed by atoms with van der Waals surface area (Å²) >= 11 is 0. The van der Waals surface area contributed by atoms with Crippen molar-refractivity contribution in [1.29, 1.82) is 0 Å². The van der Waals surface area contributed by atoms with E-state index in [1.54, 1.807) is 31.5 Å². The Labute approximate surface area is 89.4 Å². The number of carbonyl (C=O) groups excluding carboxylic acids is 1. The molecular formula is C11H14NO2P. The zero-order chi connectivity index (χ0) is 11.5. The van der Waals surface area contributed by atoms with E-state index in [0.717, 1.165) is 10.9 Å². The minimum Gasteiger partial charge on any atom is -0.366 e. The number of hydrogen-bond donors (Lipinski definition) is 1. The predicted molar refractivity (Wildman–Crippen MR) is 63.8 cm³/mol. The van der Waals surface area contributed by atoms with Crippen LogP contribution in [0.3, 0.4) is 0 Å². The fraction of sp³-hybridized carbons (Fsp3) is 0.182. The molecule has 0 aliphatic carbocycles. The standard InChI is InChI=1S/C11H14NO2P/c1-15(2,14)10-6-3-9(4-7-10)5-8-11(12)13/h3-8H,1-2H3,(H2,12,13)/b8-5+. The molecule has 0 spiro atoms. The lowest BCUT2D eigenvalue weighted by Crippen LogP contribution is -2.05. The molecule has 15 heavy (non-hydrogen) atoms. The third-order valence-corrected chi connectivity index (χ3v) is 3.50. The van der Waals surface area contributed by atoms with Gasteiger partial charge in [0.25, 0.3) is 0 Å². The van der Waals surface area contributed by atoms with E-state index in [4.69, 9.17) is 5.73 Å². The van der Waals surface area contributed by atoms with Crippen LogP contribution in [-0.2, 0) is 9.36 Å². The van der Waals surface area contributed by atoms with Crippen LogP contribution in [0.25, 0.3) is 6.08 Å². The second-order valence-electron chi connectivity index (χ2n) is 3.68. The van der Waals surface area contributed by atoms with Crippen molar-refractivity contribution in [1.82, 2.24) is 0 Å². The lowest BCUT2D eigenvalue weighted by atomic mass is 10.2. The van der Waals surface area contributed by atoms with Gasteiger partial charge in [0.15, 0.2) is 0 Å². The lowest BCUT2D eigenvalue weighted by Gasteiger charge is -2.06. The van der Waals surface area contributed by atoms with Gasteiger partial charge in [-0.05, 0) is 25.0 Å². The van der Waals surface area contributed by atoms with Crippen LogP contribution in [0, 0.1) is 0 Å². The molecule has 0 saturated carbocycles. The summed E-state index contributed by atoms with van der Waals surface area (Å²) in [5.74, 6) is -0.476. The first-order chi connectivity index (χ1) is 6.89. The number of hydrogen-bond acceptors (Lipinski definition) is 2. The maximum absolute atomic E-state index is 11.7. The molecule has 0 unspecified atom stereocenters. The van der Waals surface area contributed by atoms with Crippen LogP contribution >= 0.6 is 7.14 Å². The summed E-state index contributed by atoms with van der Waals surface area (Å²) in [5.41, 5.74) is 5.84. The third-order valence-electron chi connectivity index (χ3n) is 1.95. The fourth-order valence-electron chi connectivity index (χ4n) is 1.12. The summed E-state index contributed by atoms with van der Waals surface area (Å²) in [7, 11) is -2.19. The van der Waals surface area contributed by atoms with Crippen molar-refractivity contribution in [2.45, 2.75) is 0 Å². The van der Waals surface area contributed by atoms with Gasteiger partial charge < -0.3 is 10.3 Å². The van der Waals surface area contributed by atoms with Gasteiger partial charge in [0.1, 0.15) is 7.14 Å². The van der Waals surface area contributed by atoms with Crippen LogP contribution in [0.5, 0.6) is 0 Å². The predicted octanol–water partition coefficient (Wildman–Crippen LogP) is 1.43. The van der Waals surface area contributed by atoms with Crippen molar-refractivity contribution >= 4 is 24.4 Å². The SMILES string of the molecule is CP(C)(=O)c1ccc(/C=C/C(N)=O)cc1. The molecule has 0 bridgehead atoms. The van der Waals surface area contributed by atoms with Crippen molar-refractivity contribution in [3.63, 3.8) is 0 Å². The van der Waals surface area contributed by atoms with E-state index in [0.29, 0.717) is 0 Å². The maximum Gasteiger partial charge on any atom is 0.241 e. The highest BCUT2D eigenvalue weighted by Crippen LogP contribution is 2.34. The minimum atomic E-state index is -2.19. The molecule has 0 aromatic heterocycles. The van der Waals surface area contributed by atoms with Crippen molar-refractivity contribution in [2.75, 3.05) is 13.3 Å². The Bertz CT molecular complexity index is 428. The monoisotopic (exact) mass is 223 g/mol. The molecule has 0 radical (unpaired) electrons. The Kier molecular flexibility index (Phi) is 3.48. The average molecular weight is 223 g/mol. The largest absolute Gasteiger partial charge is 0.366 e. The molecule has 80 valence electrons. The number of benzene rings is 1. The number of nitrogens with two attached hydrogens (primary N) is 1. The van der Waals surface area contributed by atoms with Crippen molar-refractivity contribution in [2.24, 2.45) is 5.73 Å². The summed E-state index contributed by atoms with van der Waals surface area (Å²) in [4.78, 5) is 10.5. The first-order valence-electron chi connectivity index (χ1n) is 4.53. The summed E-state index contributed by atoms with van der Waals surface area (Å²) in [5, 5.41) is 0.832. The second-order valence-corrected chi connectivity index (χ2v) is 6.90. The molecule has 4 heteroatoms. The Morgan fingerprint density at radius 2 is 1.80 bits per heavy atom. The van der Waals surface area contributed by atoms with E-state index in [9.17, 15) is 9.36 Å². The molecule has 0 aliphatic rings. The molecule has 0 saturated heterocycles. The zero-order valence-electron chi connectivity index (χ0n) is 8.81.